The fourth-order valence-corrected chi connectivity index (χ4v) is 4.28. The van der Waals surface area contributed by atoms with Crippen LogP contribution in [0.1, 0.15) is 69.3 Å². The third kappa shape index (κ3) is 11.6. The largest absolute Gasteiger partial charge is 0.574 e. The normalized spacial score (nSPS) is 14.3. The fourth-order valence-electron chi connectivity index (χ4n) is 4.28. The van der Waals surface area contributed by atoms with Crippen LogP contribution in [0, 0.1) is 0 Å². The Morgan fingerprint density at radius 3 is 2.02 bits per heavy atom. The third-order valence-electron chi connectivity index (χ3n) is 6.70. The van der Waals surface area contributed by atoms with Crippen molar-refractivity contribution in [1.29, 1.82) is 0 Å². The molecule has 3 N–H and O–H groups in total. The molecule has 2 atom stereocenters. The van der Waals surface area contributed by atoms with E-state index < -0.39 is 41.3 Å². The van der Waals surface area contributed by atoms with Crippen molar-refractivity contribution in [3.05, 3.63) is 83.3 Å². The second-order valence-electron chi connectivity index (χ2n) is 11.9. The number of alkyl halides is 6. The highest BCUT2D eigenvalue weighted by atomic mass is 19.4. The molecule has 0 saturated heterocycles. The predicted octanol–water partition coefficient (Wildman–Crippen LogP) is 6.59. The highest BCUT2D eigenvalue weighted by molar-refractivity contribution is 5.28. The average molecular weight is 629 g/mol. The van der Waals surface area contributed by atoms with Crippen molar-refractivity contribution in [3.63, 3.8) is 0 Å². The number of β-amino-alcohol motifs (C(OH)–C–C–N with tert-alkyl or cyclic N) is 1. The Hall–Kier alpha value is -3.42. The van der Waals surface area contributed by atoms with Crippen LogP contribution in [0.25, 0.3) is 0 Å². The molecule has 0 saturated carbocycles. The number of pyridine rings is 2. The van der Waals surface area contributed by atoms with Crippen molar-refractivity contribution >= 4 is 0 Å². The van der Waals surface area contributed by atoms with Crippen molar-refractivity contribution in [2.75, 3.05) is 19.7 Å². The van der Waals surface area contributed by atoms with Crippen LogP contribution in [0.4, 0.5) is 26.3 Å². The van der Waals surface area contributed by atoms with E-state index in [1.54, 1.807) is 6.07 Å². The van der Waals surface area contributed by atoms with Crippen molar-refractivity contribution < 1.29 is 40.9 Å². The number of halogens is 6. The van der Waals surface area contributed by atoms with Crippen LogP contribution in [0.3, 0.4) is 0 Å². The van der Waals surface area contributed by atoms with E-state index in [9.17, 15) is 31.4 Å². The topological polar surface area (TPSA) is 88.5 Å². The Morgan fingerprint density at radius 1 is 0.773 bits per heavy atom. The number of nitrogens with zero attached hydrogens (tertiary/aromatic N) is 2. The number of nitrogens with one attached hydrogen (secondary N) is 2. The number of benzene rings is 1. The summed E-state index contributed by atoms with van der Waals surface area (Å²) < 4.78 is 86.2. The molecule has 1 aromatic carbocycles. The summed E-state index contributed by atoms with van der Waals surface area (Å²) in [6, 6.07) is 15.2. The van der Waals surface area contributed by atoms with Crippen LogP contribution in [0.2, 0.25) is 0 Å². The molecule has 0 radical (unpaired) electrons. The molecule has 0 unspecified atom stereocenters. The number of ether oxygens (including phenoxy) is 2. The number of aliphatic hydroxyl groups excluding tert-OH is 1. The maximum absolute atomic E-state index is 13.0. The number of hydrogen-bond donors (Lipinski definition) is 3. The highest BCUT2D eigenvalue weighted by Gasteiger charge is 2.33. The number of rotatable bonds is 14. The Labute approximate surface area is 253 Å². The lowest BCUT2D eigenvalue weighted by Crippen LogP contribution is -2.46. The minimum absolute atomic E-state index is 0.0516. The summed E-state index contributed by atoms with van der Waals surface area (Å²) in [6.07, 6.45) is -9.94. The van der Waals surface area contributed by atoms with Crippen LogP contribution in [0.5, 0.6) is 11.6 Å². The molecule has 0 fully saturated rings. The van der Waals surface area contributed by atoms with Gasteiger partial charge in [-0.05, 0) is 70.0 Å². The van der Waals surface area contributed by atoms with E-state index in [1.807, 2.05) is 58.9 Å². The van der Waals surface area contributed by atoms with E-state index in [2.05, 4.69) is 25.3 Å². The van der Waals surface area contributed by atoms with Gasteiger partial charge in [0.25, 0.3) is 0 Å². The molecule has 0 bridgehead atoms. The molecule has 242 valence electrons. The SMILES string of the molecule is C[C@H](CNC(C)(C)COc1ccc(CC(C)(C)NC[C@@H](O)c2cccc(OC(F)(F)F)n2)cc1)c1cccc(C(F)(F)F)n1. The van der Waals surface area contributed by atoms with Gasteiger partial charge in [-0.1, -0.05) is 31.2 Å². The second-order valence-corrected chi connectivity index (χ2v) is 11.9. The molecule has 13 heteroatoms. The van der Waals surface area contributed by atoms with Crippen molar-refractivity contribution in [2.24, 2.45) is 0 Å². The van der Waals surface area contributed by atoms with E-state index in [0.717, 1.165) is 17.7 Å². The minimum Gasteiger partial charge on any atom is -0.492 e. The van der Waals surface area contributed by atoms with E-state index in [0.29, 0.717) is 31.0 Å². The zero-order chi connectivity index (χ0) is 32.8. The van der Waals surface area contributed by atoms with Gasteiger partial charge in [-0.25, -0.2) is 9.97 Å². The number of aromatic nitrogens is 2. The zero-order valence-electron chi connectivity index (χ0n) is 25.2. The first-order valence-corrected chi connectivity index (χ1v) is 14.0. The molecule has 3 rings (SSSR count). The average Bonchev–Trinajstić information content (AvgIpc) is 2.93. The second kappa shape index (κ2) is 14.1. The van der Waals surface area contributed by atoms with E-state index in [1.165, 1.54) is 18.2 Å². The van der Waals surface area contributed by atoms with E-state index >= 15 is 0 Å². The first-order valence-electron chi connectivity index (χ1n) is 14.0. The van der Waals surface area contributed by atoms with Gasteiger partial charge in [-0.3, -0.25) is 0 Å². The van der Waals surface area contributed by atoms with Crippen molar-refractivity contribution in [3.8, 4) is 11.6 Å². The van der Waals surface area contributed by atoms with Crippen LogP contribution >= 0.6 is 0 Å². The van der Waals surface area contributed by atoms with Gasteiger partial charge in [-0.2, -0.15) is 13.2 Å². The summed E-state index contributed by atoms with van der Waals surface area (Å²) in [4.78, 5) is 7.51. The Bertz CT molecular complexity index is 1350. The smallest absolute Gasteiger partial charge is 0.492 e. The molecule has 0 aliphatic heterocycles. The predicted molar refractivity (Wildman–Crippen MR) is 153 cm³/mol. The highest BCUT2D eigenvalue weighted by Crippen LogP contribution is 2.29. The van der Waals surface area contributed by atoms with Crippen LogP contribution in [-0.2, 0) is 12.6 Å². The standard InChI is InChI=1S/C31H38F6N4O3/c1-20(23-8-6-10-26(40-23)30(32,33)34)17-38-29(4,5)19-43-22-14-12-21(13-15-22)16-28(2,3)39-18-25(42)24-9-7-11-27(41-24)44-31(35,36)37/h6-15,20,25,38-39,42H,16-19H2,1-5H3/t20-,25-/m1/s1. The summed E-state index contributed by atoms with van der Waals surface area (Å²) >= 11 is 0. The molecule has 0 spiro atoms. The molecule has 2 heterocycles. The lowest BCUT2D eigenvalue weighted by molar-refractivity contribution is -0.276. The molecule has 2 aromatic heterocycles. The maximum Gasteiger partial charge on any atom is 0.574 e. The van der Waals surface area contributed by atoms with Crippen LogP contribution in [-0.4, -0.2) is 52.2 Å². The zero-order valence-corrected chi connectivity index (χ0v) is 25.2. The Balaban J connectivity index is 1.47. The summed E-state index contributed by atoms with van der Waals surface area (Å²) in [7, 11) is 0. The summed E-state index contributed by atoms with van der Waals surface area (Å²) in [6.45, 7) is 10.3. The van der Waals surface area contributed by atoms with E-state index in [4.69, 9.17) is 4.74 Å². The van der Waals surface area contributed by atoms with Gasteiger partial charge in [0.1, 0.15) is 24.2 Å². The van der Waals surface area contributed by atoms with Gasteiger partial charge in [-0.15, -0.1) is 13.2 Å². The van der Waals surface area contributed by atoms with Gasteiger partial charge < -0.3 is 25.2 Å². The Morgan fingerprint density at radius 2 is 1.39 bits per heavy atom. The number of aliphatic hydroxyl groups is 1. The molecule has 0 aliphatic carbocycles. The van der Waals surface area contributed by atoms with Gasteiger partial charge in [0.15, 0.2) is 0 Å². The summed E-state index contributed by atoms with van der Waals surface area (Å²) in [5, 5.41) is 17.0. The van der Waals surface area contributed by atoms with Crippen molar-refractivity contribution in [2.45, 2.75) is 76.7 Å². The monoisotopic (exact) mass is 628 g/mol. The molecular weight excluding hydrogens is 590 g/mol. The maximum atomic E-state index is 13.0. The third-order valence-corrected chi connectivity index (χ3v) is 6.70. The quantitative estimate of drug-likeness (QED) is 0.174. The first kappa shape index (κ1) is 35.1. The van der Waals surface area contributed by atoms with Gasteiger partial charge in [0.05, 0.1) is 5.69 Å². The van der Waals surface area contributed by atoms with Gasteiger partial charge >= 0.3 is 12.5 Å². The van der Waals surface area contributed by atoms with E-state index in [-0.39, 0.29) is 18.2 Å². The summed E-state index contributed by atoms with van der Waals surface area (Å²) in [5.74, 6) is -0.250. The van der Waals surface area contributed by atoms with Crippen LogP contribution < -0.4 is 20.1 Å². The molecule has 7 nitrogen and oxygen atoms in total. The molecular formula is C31H38F6N4O3. The molecule has 0 aliphatic rings. The van der Waals surface area contributed by atoms with Gasteiger partial charge in [0.2, 0.25) is 5.88 Å². The lowest BCUT2D eigenvalue weighted by Gasteiger charge is -2.29. The molecule has 3 aromatic rings. The number of hydrogen-bond acceptors (Lipinski definition) is 7. The van der Waals surface area contributed by atoms with Crippen LogP contribution in [0.15, 0.2) is 60.7 Å². The van der Waals surface area contributed by atoms with Gasteiger partial charge in [0, 0.05) is 41.8 Å². The lowest BCUT2D eigenvalue weighted by atomic mass is 9.94. The Kier molecular flexibility index (Phi) is 11.3. The fraction of sp³-hybridized carbons (Fsp3) is 0.484. The summed E-state index contributed by atoms with van der Waals surface area (Å²) in [5.41, 5.74) is -0.465. The minimum atomic E-state index is -4.88. The molecule has 44 heavy (non-hydrogen) atoms. The molecule has 0 amide bonds. The van der Waals surface area contributed by atoms with Crippen molar-refractivity contribution in [1.82, 2.24) is 20.6 Å². The first-order chi connectivity index (χ1) is 20.3.